The van der Waals surface area contributed by atoms with E-state index < -0.39 is 17.8 Å². The number of hydrogen-bond acceptors (Lipinski definition) is 2. The fraction of sp³-hybridized carbons (Fsp3) is 0.467. The average Bonchev–Trinajstić information content (AvgIpc) is 2.44. The van der Waals surface area contributed by atoms with Crippen molar-refractivity contribution in [1.29, 1.82) is 0 Å². The van der Waals surface area contributed by atoms with Crippen LogP contribution in [0.2, 0.25) is 0 Å². The molecule has 3 unspecified atom stereocenters. The summed E-state index contributed by atoms with van der Waals surface area (Å²) in [6, 6.07) is 9.62. The molecule has 0 aliphatic carbocycles. The molecule has 0 heterocycles. The normalized spacial score (nSPS) is 15.4. The third-order valence-electron chi connectivity index (χ3n) is 3.74. The minimum Gasteiger partial charge on any atom is -0.481 e. The summed E-state index contributed by atoms with van der Waals surface area (Å²) in [6.07, 6.45) is 0. The molecule has 1 amide bonds. The van der Waals surface area contributed by atoms with E-state index in [4.69, 9.17) is 5.11 Å². The van der Waals surface area contributed by atoms with E-state index in [-0.39, 0.29) is 11.9 Å². The van der Waals surface area contributed by atoms with Crippen LogP contribution in [0.15, 0.2) is 30.3 Å². The summed E-state index contributed by atoms with van der Waals surface area (Å²) in [5, 5.41) is 8.97. The third kappa shape index (κ3) is 3.56. The quantitative estimate of drug-likeness (QED) is 0.888. The lowest BCUT2D eigenvalue weighted by molar-refractivity contribution is -0.149. The van der Waals surface area contributed by atoms with Gasteiger partial charge in [-0.3, -0.25) is 9.59 Å². The van der Waals surface area contributed by atoms with Gasteiger partial charge in [-0.05, 0) is 12.5 Å². The molecule has 0 saturated heterocycles. The van der Waals surface area contributed by atoms with Gasteiger partial charge in [-0.1, -0.05) is 44.2 Å². The summed E-state index contributed by atoms with van der Waals surface area (Å²) in [5.41, 5.74) is 1.04. The van der Waals surface area contributed by atoms with Gasteiger partial charge in [0, 0.05) is 13.0 Å². The summed E-state index contributed by atoms with van der Waals surface area (Å²) in [4.78, 5) is 24.8. The molecule has 0 spiro atoms. The monoisotopic (exact) mass is 263 g/mol. The number of aliphatic carboxylic acids is 1. The Morgan fingerprint density at radius 2 is 1.58 bits per heavy atom. The summed E-state index contributed by atoms with van der Waals surface area (Å²) < 4.78 is 0. The maximum Gasteiger partial charge on any atom is 0.307 e. The van der Waals surface area contributed by atoms with E-state index in [0.29, 0.717) is 0 Å². The first-order valence-corrected chi connectivity index (χ1v) is 6.40. The molecule has 1 rings (SSSR count). The van der Waals surface area contributed by atoms with E-state index in [1.54, 1.807) is 25.8 Å². The number of nitrogens with zero attached hydrogens (tertiary/aromatic N) is 1. The average molecular weight is 263 g/mol. The Kier molecular flexibility index (Phi) is 5.10. The predicted molar refractivity (Wildman–Crippen MR) is 73.6 cm³/mol. The first-order valence-electron chi connectivity index (χ1n) is 6.40. The summed E-state index contributed by atoms with van der Waals surface area (Å²) in [7, 11) is 1.71. The second kappa shape index (κ2) is 6.36. The zero-order valence-electron chi connectivity index (χ0n) is 11.8. The van der Waals surface area contributed by atoms with Crippen molar-refractivity contribution in [3.63, 3.8) is 0 Å². The SMILES string of the molecule is CC(C(=O)O)C(C)C(=O)N(C)C(C)c1ccccc1. The highest BCUT2D eigenvalue weighted by Gasteiger charge is 2.29. The fourth-order valence-corrected chi connectivity index (χ4v) is 1.89. The third-order valence-corrected chi connectivity index (χ3v) is 3.74. The number of carboxylic acids is 1. The molecule has 4 heteroatoms. The van der Waals surface area contributed by atoms with E-state index in [0.717, 1.165) is 5.56 Å². The van der Waals surface area contributed by atoms with Crippen molar-refractivity contribution in [3.8, 4) is 0 Å². The van der Waals surface area contributed by atoms with E-state index in [1.165, 1.54) is 0 Å². The van der Waals surface area contributed by atoms with Gasteiger partial charge < -0.3 is 10.0 Å². The zero-order chi connectivity index (χ0) is 14.6. The summed E-state index contributed by atoms with van der Waals surface area (Å²) in [5.74, 6) is -2.31. The van der Waals surface area contributed by atoms with Gasteiger partial charge in [-0.2, -0.15) is 0 Å². The Morgan fingerprint density at radius 3 is 2.05 bits per heavy atom. The Bertz CT molecular complexity index is 444. The van der Waals surface area contributed by atoms with Crippen LogP contribution in [-0.2, 0) is 9.59 Å². The van der Waals surface area contributed by atoms with Crippen molar-refractivity contribution in [2.45, 2.75) is 26.8 Å². The van der Waals surface area contributed by atoms with E-state index in [2.05, 4.69) is 0 Å². The minimum atomic E-state index is -0.943. The second-order valence-electron chi connectivity index (χ2n) is 4.95. The Balaban J connectivity index is 2.80. The Morgan fingerprint density at radius 1 is 1.05 bits per heavy atom. The number of hydrogen-bond donors (Lipinski definition) is 1. The summed E-state index contributed by atoms with van der Waals surface area (Å²) in [6.45, 7) is 5.16. The molecule has 1 aromatic carbocycles. The van der Waals surface area contributed by atoms with Crippen LogP contribution in [0.1, 0.15) is 32.4 Å². The Labute approximate surface area is 114 Å². The van der Waals surface area contributed by atoms with E-state index >= 15 is 0 Å². The van der Waals surface area contributed by atoms with Crippen molar-refractivity contribution >= 4 is 11.9 Å². The molecule has 0 bridgehead atoms. The number of amides is 1. The van der Waals surface area contributed by atoms with Crippen molar-refractivity contribution in [3.05, 3.63) is 35.9 Å². The predicted octanol–water partition coefficient (Wildman–Crippen LogP) is 2.56. The molecule has 0 fully saturated rings. The maximum absolute atomic E-state index is 12.3. The molecule has 0 aromatic heterocycles. The van der Waals surface area contributed by atoms with Gasteiger partial charge in [0.1, 0.15) is 0 Å². The van der Waals surface area contributed by atoms with Crippen LogP contribution in [0.5, 0.6) is 0 Å². The minimum absolute atomic E-state index is 0.0721. The molecule has 104 valence electrons. The molecule has 4 nitrogen and oxygen atoms in total. The highest BCUT2D eigenvalue weighted by molar-refractivity contribution is 5.84. The standard InChI is InChI=1S/C15H21NO3/c1-10(11(2)15(18)19)14(17)16(4)12(3)13-8-6-5-7-9-13/h5-12H,1-4H3,(H,18,19). The van der Waals surface area contributed by atoms with E-state index in [9.17, 15) is 9.59 Å². The first-order chi connectivity index (χ1) is 8.86. The first kappa shape index (κ1) is 15.2. The Hall–Kier alpha value is -1.84. The van der Waals surface area contributed by atoms with Crippen LogP contribution in [0, 0.1) is 11.8 Å². The van der Waals surface area contributed by atoms with Gasteiger partial charge in [0.2, 0.25) is 5.91 Å². The van der Waals surface area contributed by atoms with Crippen molar-refractivity contribution < 1.29 is 14.7 Å². The second-order valence-corrected chi connectivity index (χ2v) is 4.95. The number of carboxylic acid groups (broad SMARTS) is 1. The van der Waals surface area contributed by atoms with Gasteiger partial charge >= 0.3 is 5.97 Å². The van der Waals surface area contributed by atoms with Gasteiger partial charge in [0.15, 0.2) is 0 Å². The summed E-state index contributed by atoms with van der Waals surface area (Å²) >= 11 is 0. The van der Waals surface area contributed by atoms with Gasteiger partial charge in [0.05, 0.1) is 12.0 Å². The number of rotatable bonds is 5. The highest BCUT2D eigenvalue weighted by Crippen LogP contribution is 2.22. The largest absolute Gasteiger partial charge is 0.481 e. The smallest absolute Gasteiger partial charge is 0.307 e. The molecule has 1 N–H and O–H groups in total. The topological polar surface area (TPSA) is 57.6 Å². The number of carbonyl (C=O) groups is 2. The van der Waals surface area contributed by atoms with Crippen molar-refractivity contribution in [1.82, 2.24) is 4.90 Å². The lowest BCUT2D eigenvalue weighted by Gasteiger charge is -2.29. The van der Waals surface area contributed by atoms with Crippen LogP contribution in [0.3, 0.4) is 0 Å². The van der Waals surface area contributed by atoms with Crippen LogP contribution in [0.4, 0.5) is 0 Å². The highest BCUT2D eigenvalue weighted by atomic mass is 16.4. The molecule has 0 aliphatic rings. The van der Waals surface area contributed by atoms with Gasteiger partial charge in [-0.25, -0.2) is 0 Å². The van der Waals surface area contributed by atoms with Crippen LogP contribution in [-0.4, -0.2) is 28.9 Å². The fourth-order valence-electron chi connectivity index (χ4n) is 1.89. The number of benzene rings is 1. The van der Waals surface area contributed by atoms with Gasteiger partial charge in [-0.15, -0.1) is 0 Å². The van der Waals surface area contributed by atoms with Crippen LogP contribution >= 0.6 is 0 Å². The maximum atomic E-state index is 12.3. The van der Waals surface area contributed by atoms with Gasteiger partial charge in [0.25, 0.3) is 0 Å². The van der Waals surface area contributed by atoms with Crippen molar-refractivity contribution in [2.24, 2.45) is 11.8 Å². The zero-order valence-corrected chi connectivity index (χ0v) is 11.8. The lowest BCUT2D eigenvalue weighted by atomic mass is 9.94. The molecule has 0 radical (unpaired) electrons. The molecule has 3 atom stereocenters. The molecule has 0 saturated carbocycles. The van der Waals surface area contributed by atoms with E-state index in [1.807, 2.05) is 37.3 Å². The molecule has 19 heavy (non-hydrogen) atoms. The molecule has 1 aromatic rings. The molecular weight excluding hydrogens is 242 g/mol. The molecular formula is C15H21NO3. The van der Waals surface area contributed by atoms with Crippen molar-refractivity contribution in [2.75, 3.05) is 7.05 Å². The van der Waals surface area contributed by atoms with Crippen LogP contribution < -0.4 is 0 Å². The molecule has 0 aliphatic heterocycles. The number of carbonyl (C=O) groups excluding carboxylic acids is 1. The van der Waals surface area contributed by atoms with Crippen LogP contribution in [0.25, 0.3) is 0 Å². The lowest BCUT2D eigenvalue weighted by Crippen LogP contribution is -2.38.